The molecule has 0 atom stereocenters. The molecule has 0 amide bonds. The SMILES string of the molecule is CC(C)(O)C(C)(C)O.[B]c1cc(F)c(OCc2ccccc2)c(OC)c1. The first-order chi connectivity index (χ1) is 12.0. The van der Waals surface area contributed by atoms with Crippen LogP contribution in [0.25, 0.3) is 0 Å². The third-order valence-electron chi connectivity index (χ3n) is 3.97. The van der Waals surface area contributed by atoms with Crippen LogP contribution >= 0.6 is 0 Å². The zero-order valence-electron chi connectivity index (χ0n) is 15.9. The lowest BCUT2D eigenvalue weighted by atomic mass is 9.90. The van der Waals surface area contributed by atoms with Crippen molar-refractivity contribution in [3.8, 4) is 11.5 Å². The van der Waals surface area contributed by atoms with Crippen molar-refractivity contribution in [2.45, 2.75) is 45.5 Å². The number of ether oxygens (including phenoxy) is 2. The van der Waals surface area contributed by atoms with Crippen LogP contribution in [0.1, 0.15) is 33.3 Å². The fraction of sp³-hybridized carbons (Fsp3) is 0.400. The molecule has 0 saturated heterocycles. The van der Waals surface area contributed by atoms with Gasteiger partial charge in [0.15, 0.2) is 17.3 Å². The second kappa shape index (κ2) is 9.06. The van der Waals surface area contributed by atoms with Gasteiger partial charge in [0.1, 0.15) is 14.5 Å². The molecule has 26 heavy (non-hydrogen) atoms. The Morgan fingerprint density at radius 2 is 1.54 bits per heavy atom. The molecule has 0 bridgehead atoms. The minimum Gasteiger partial charge on any atom is -0.493 e. The van der Waals surface area contributed by atoms with E-state index in [1.807, 2.05) is 30.3 Å². The normalized spacial score (nSPS) is 11.4. The lowest BCUT2D eigenvalue weighted by Crippen LogP contribution is -2.44. The quantitative estimate of drug-likeness (QED) is 0.805. The summed E-state index contributed by atoms with van der Waals surface area (Å²) in [6, 6.07) is 12.3. The van der Waals surface area contributed by atoms with Crippen LogP contribution < -0.4 is 14.9 Å². The zero-order chi connectivity index (χ0) is 20.0. The Bertz CT molecular complexity index is 679. The van der Waals surface area contributed by atoms with Crippen LogP contribution in [0.5, 0.6) is 11.5 Å². The number of methoxy groups -OCH3 is 1. The summed E-state index contributed by atoms with van der Waals surface area (Å²) in [5.74, 6) is -0.151. The summed E-state index contributed by atoms with van der Waals surface area (Å²) in [6.45, 7) is 6.58. The Hall–Kier alpha value is -2.05. The van der Waals surface area contributed by atoms with Crippen LogP contribution in [-0.2, 0) is 6.61 Å². The van der Waals surface area contributed by atoms with E-state index < -0.39 is 17.0 Å². The first-order valence-electron chi connectivity index (χ1n) is 8.20. The molecule has 2 N–H and O–H groups in total. The lowest BCUT2D eigenvalue weighted by Gasteiger charge is -2.31. The first-order valence-corrected chi connectivity index (χ1v) is 8.20. The molecule has 0 aromatic heterocycles. The van der Waals surface area contributed by atoms with Gasteiger partial charge in [0.05, 0.1) is 18.3 Å². The largest absolute Gasteiger partial charge is 0.493 e. The van der Waals surface area contributed by atoms with Crippen molar-refractivity contribution in [3.63, 3.8) is 0 Å². The van der Waals surface area contributed by atoms with Gasteiger partial charge in [-0.05, 0) is 45.4 Å². The second-order valence-corrected chi connectivity index (χ2v) is 6.93. The van der Waals surface area contributed by atoms with E-state index in [1.54, 1.807) is 27.7 Å². The maximum atomic E-state index is 13.7. The highest BCUT2D eigenvalue weighted by atomic mass is 19.1. The van der Waals surface area contributed by atoms with E-state index in [9.17, 15) is 4.39 Å². The van der Waals surface area contributed by atoms with Gasteiger partial charge in [-0.25, -0.2) is 4.39 Å². The molecule has 4 nitrogen and oxygen atoms in total. The summed E-state index contributed by atoms with van der Waals surface area (Å²) in [4.78, 5) is 0. The van der Waals surface area contributed by atoms with Crippen molar-refractivity contribution >= 4 is 13.3 Å². The van der Waals surface area contributed by atoms with Crippen LogP contribution in [0.15, 0.2) is 42.5 Å². The molecule has 0 aliphatic carbocycles. The number of benzene rings is 2. The van der Waals surface area contributed by atoms with Crippen molar-refractivity contribution in [1.29, 1.82) is 0 Å². The number of halogens is 1. The Morgan fingerprint density at radius 3 is 2.00 bits per heavy atom. The average Bonchev–Trinajstić information content (AvgIpc) is 2.53. The molecule has 0 aliphatic heterocycles. The Balaban J connectivity index is 0.000000359. The van der Waals surface area contributed by atoms with Gasteiger partial charge in [-0.1, -0.05) is 35.8 Å². The molecule has 2 rings (SSSR count). The highest BCUT2D eigenvalue weighted by molar-refractivity contribution is 6.32. The number of hydrogen-bond acceptors (Lipinski definition) is 4. The highest BCUT2D eigenvalue weighted by Crippen LogP contribution is 2.29. The van der Waals surface area contributed by atoms with Gasteiger partial charge < -0.3 is 19.7 Å². The molecule has 2 radical (unpaired) electrons. The van der Waals surface area contributed by atoms with Crippen LogP contribution in [0.3, 0.4) is 0 Å². The Morgan fingerprint density at radius 1 is 1.00 bits per heavy atom. The van der Waals surface area contributed by atoms with Gasteiger partial charge in [0.2, 0.25) is 0 Å². The maximum Gasteiger partial charge on any atom is 0.197 e. The average molecular weight is 360 g/mol. The third kappa shape index (κ3) is 6.69. The maximum absolute atomic E-state index is 13.7. The summed E-state index contributed by atoms with van der Waals surface area (Å²) in [6.07, 6.45) is 0. The second-order valence-electron chi connectivity index (χ2n) is 6.93. The minimum atomic E-state index is -1.01. The van der Waals surface area contributed by atoms with E-state index in [2.05, 4.69) is 0 Å². The highest BCUT2D eigenvalue weighted by Gasteiger charge is 2.31. The topological polar surface area (TPSA) is 58.9 Å². The zero-order valence-corrected chi connectivity index (χ0v) is 15.9. The van der Waals surface area contributed by atoms with Gasteiger partial charge in [-0.15, -0.1) is 0 Å². The summed E-state index contributed by atoms with van der Waals surface area (Å²) in [5.41, 5.74) is -0.757. The fourth-order valence-corrected chi connectivity index (χ4v) is 1.61. The third-order valence-corrected chi connectivity index (χ3v) is 3.97. The predicted molar refractivity (Wildman–Crippen MR) is 102 cm³/mol. The van der Waals surface area contributed by atoms with E-state index in [1.165, 1.54) is 19.2 Å². The van der Waals surface area contributed by atoms with Crippen LogP contribution in [0.2, 0.25) is 0 Å². The molecule has 0 fully saturated rings. The predicted octanol–water partition coefficient (Wildman–Crippen LogP) is 2.74. The summed E-state index contributed by atoms with van der Waals surface area (Å²) >= 11 is 0. The first kappa shape index (κ1) is 22.0. The van der Waals surface area contributed by atoms with Crippen molar-refractivity contribution in [2.75, 3.05) is 7.11 Å². The number of hydrogen-bond donors (Lipinski definition) is 2. The van der Waals surface area contributed by atoms with E-state index in [0.717, 1.165) is 5.56 Å². The van der Waals surface area contributed by atoms with Crippen molar-refractivity contribution in [1.82, 2.24) is 0 Å². The molecule has 0 aliphatic rings. The molecule has 140 valence electrons. The van der Waals surface area contributed by atoms with Crippen molar-refractivity contribution in [3.05, 3.63) is 53.8 Å². The van der Waals surface area contributed by atoms with Gasteiger partial charge >= 0.3 is 0 Å². The minimum absolute atomic E-state index is 0.0792. The van der Waals surface area contributed by atoms with Crippen LogP contribution in [0, 0.1) is 5.82 Å². The molecular formula is C20H26BFO4. The van der Waals surface area contributed by atoms with Gasteiger partial charge in [0, 0.05) is 0 Å². The van der Waals surface area contributed by atoms with E-state index in [-0.39, 0.29) is 12.4 Å². The summed E-state index contributed by atoms with van der Waals surface area (Å²) in [5, 5.41) is 18.2. The molecular weight excluding hydrogens is 334 g/mol. The monoisotopic (exact) mass is 360 g/mol. The van der Waals surface area contributed by atoms with E-state index in [4.69, 9.17) is 27.5 Å². The van der Waals surface area contributed by atoms with Gasteiger partial charge in [0.25, 0.3) is 0 Å². The van der Waals surface area contributed by atoms with Crippen molar-refractivity contribution in [2.24, 2.45) is 0 Å². The molecule has 2 aromatic carbocycles. The Kier molecular flexibility index (Phi) is 7.66. The van der Waals surface area contributed by atoms with Crippen molar-refractivity contribution < 1.29 is 24.1 Å². The van der Waals surface area contributed by atoms with E-state index in [0.29, 0.717) is 11.2 Å². The fourth-order valence-electron chi connectivity index (χ4n) is 1.61. The summed E-state index contributed by atoms with van der Waals surface area (Å²) in [7, 11) is 6.98. The molecule has 0 spiro atoms. The van der Waals surface area contributed by atoms with Crippen LogP contribution in [0.4, 0.5) is 4.39 Å². The Labute approximate surface area is 156 Å². The molecule has 0 saturated carbocycles. The number of rotatable bonds is 5. The van der Waals surface area contributed by atoms with E-state index >= 15 is 0 Å². The molecule has 0 heterocycles. The lowest BCUT2D eigenvalue weighted by molar-refractivity contribution is -0.107. The molecule has 0 unspecified atom stereocenters. The smallest absolute Gasteiger partial charge is 0.197 e. The summed E-state index contributed by atoms with van der Waals surface area (Å²) < 4.78 is 24.2. The molecule has 6 heteroatoms. The van der Waals surface area contributed by atoms with Crippen LogP contribution in [-0.4, -0.2) is 36.4 Å². The molecule has 2 aromatic rings. The van der Waals surface area contributed by atoms with Gasteiger partial charge in [-0.2, -0.15) is 0 Å². The standard InChI is InChI=1S/C14H12BFO2.C6H14O2/c1-17-13-8-11(15)7-12(16)14(13)18-9-10-5-3-2-4-6-10;1-5(2,7)6(3,4)8/h2-8H,9H2,1H3;7-8H,1-4H3. The number of aliphatic hydroxyl groups is 2. The van der Waals surface area contributed by atoms with Gasteiger partial charge in [-0.3, -0.25) is 0 Å².